The van der Waals surface area contributed by atoms with Crippen LogP contribution in [0, 0.1) is 0 Å². The summed E-state index contributed by atoms with van der Waals surface area (Å²) in [5, 5.41) is 9.18. The van der Waals surface area contributed by atoms with Gasteiger partial charge in [-0.3, -0.25) is 29.5 Å². The molecule has 0 aliphatic heterocycles. The number of hydrogen-bond donors (Lipinski definition) is 5. The van der Waals surface area contributed by atoms with E-state index in [4.69, 9.17) is 9.11 Å². The Balaban J connectivity index is 1.47. The van der Waals surface area contributed by atoms with Gasteiger partial charge >= 0.3 is 0 Å². The van der Waals surface area contributed by atoms with Gasteiger partial charge in [-0.25, -0.2) is 0 Å². The van der Waals surface area contributed by atoms with Crippen LogP contribution in [0.4, 0.5) is 11.4 Å². The minimum absolute atomic E-state index is 0.0280. The minimum Gasteiger partial charge on any atom is -0.348 e. The lowest BCUT2D eigenvalue weighted by Crippen LogP contribution is -2.26. The zero-order chi connectivity index (χ0) is 27.9. The van der Waals surface area contributed by atoms with E-state index in [0.29, 0.717) is 22.1 Å². The number of fused-ring (bicyclic) bond motifs is 3. The summed E-state index contributed by atoms with van der Waals surface area (Å²) in [6.07, 6.45) is 0. The largest absolute Gasteiger partial charge is 0.348 e. The van der Waals surface area contributed by atoms with Crippen LogP contribution in [0.3, 0.4) is 0 Å². The van der Waals surface area contributed by atoms with Crippen molar-refractivity contribution in [1.29, 1.82) is 0 Å². The van der Waals surface area contributed by atoms with Crippen molar-refractivity contribution >= 4 is 53.4 Å². The van der Waals surface area contributed by atoms with E-state index in [0.717, 1.165) is 0 Å². The highest BCUT2D eigenvalue weighted by Gasteiger charge is 2.13. The fraction of sp³-hybridized carbons (Fsp3) is 0. The lowest BCUT2D eigenvalue weighted by atomic mass is 10.1. The summed E-state index contributed by atoms with van der Waals surface area (Å²) in [7, 11) is -8.68. The first-order valence-electron chi connectivity index (χ1n) is 11.0. The third kappa shape index (κ3) is 5.19. The van der Waals surface area contributed by atoms with Crippen molar-refractivity contribution in [3.05, 3.63) is 104 Å². The second-order valence-corrected chi connectivity index (χ2v) is 11.1. The van der Waals surface area contributed by atoms with Crippen LogP contribution in [0.2, 0.25) is 0 Å². The SMILES string of the molecule is O=c1/c(=N\Nc2ccc(S(=O)(=O)O)cc2)ccc2c1[nH]c1c(=O)/c(=N\Nc3ccc(S(=O)(=O)O)cc3)ccc12. The zero-order valence-electron chi connectivity index (χ0n) is 19.5. The Kier molecular flexibility index (Phi) is 6.35. The number of anilines is 2. The molecule has 1 aromatic heterocycles. The standard InChI is InChI=1S/C24H17N5O8S2/c30-23-19(28-26-13-1-5-15(6-2-13)38(32,33)34)11-9-17-18-10-12-20(24(31)22(18)25-21(17)23)29-27-14-3-7-16(8-4-14)39(35,36)37/h1-12,25-27H,(H,32,33,34)(H,35,36,37)/b28-19-,29-20-. The van der Waals surface area contributed by atoms with Gasteiger partial charge in [-0.1, -0.05) is 0 Å². The number of rotatable bonds is 6. The summed E-state index contributed by atoms with van der Waals surface area (Å²) in [6, 6.07) is 16.4. The van der Waals surface area contributed by atoms with E-state index in [2.05, 4.69) is 26.0 Å². The van der Waals surface area contributed by atoms with E-state index in [-0.39, 0.29) is 31.5 Å². The van der Waals surface area contributed by atoms with E-state index >= 15 is 0 Å². The molecule has 0 saturated heterocycles. The monoisotopic (exact) mass is 567 g/mol. The lowest BCUT2D eigenvalue weighted by molar-refractivity contribution is 0.481. The maximum Gasteiger partial charge on any atom is 0.294 e. The first-order chi connectivity index (χ1) is 18.4. The van der Waals surface area contributed by atoms with Crippen LogP contribution in [0.15, 0.2) is 102 Å². The van der Waals surface area contributed by atoms with Gasteiger partial charge in [-0.05, 0) is 72.8 Å². The quantitative estimate of drug-likeness (QED) is 0.147. The molecule has 0 saturated carbocycles. The van der Waals surface area contributed by atoms with Gasteiger partial charge in [0.2, 0.25) is 10.9 Å². The molecule has 0 fully saturated rings. The van der Waals surface area contributed by atoms with Crippen molar-refractivity contribution in [1.82, 2.24) is 4.98 Å². The van der Waals surface area contributed by atoms with E-state index in [1.54, 1.807) is 12.1 Å². The Morgan fingerprint density at radius 3 is 1.26 bits per heavy atom. The molecule has 198 valence electrons. The molecular weight excluding hydrogens is 550 g/mol. The Labute approximate surface area is 219 Å². The molecule has 0 amide bonds. The Hall–Kier alpha value is -4.70. The van der Waals surface area contributed by atoms with Crippen molar-refractivity contribution in [2.75, 3.05) is 10.9 Å². The average Bonchev–Trinajstić information content (AvgIpc) is 3.28. The Bertz CT molecular complexity index is 2040. The van der Waals surface area contributed by atoms with Crippen LogP contribution in [-0.4, -0.2) is 30.9 Å². The van der Waals surface area contributed by atoms with Crippen LogP contribution < -0.4 is 32.4 Å². The number of hydrogen-bond acceptors (Lipinski definition) is 10. The Morgan fingerprint density at radius 1 is 0.564 bits per heavy atom. The van der Waals surface area contributed by atoms with Crippen molar-refractivity contribution in [2.45, 2.75) is 9.79 Å². The van der Waals surface area contributed by atoms with Gasteiger partial charge in [0.1, 0.15) is 10.7 Å². The predicted octanol–water partition coefficient (Wildman–Crippen LogP) is 1.27. The van der Waals surface area contributed by atoms with E-state index < -0.39 is 31.1 Å². The second kappa shape index (κ2) is 9.55. The lowest BCUT2D eigenvalue weighted by Gasteiger charge is -2.01. The fourth-order valence-electron chi connectivity index (χ4n) is 3.79. The third-order valence-corrected chi connectivity index (χ3v) is 7.47. The molecule has 0 aliphatic rings. The molecule has 0 radical (unpaired) electrons. The Morgan fingerprint density at radius 2 is 0.923 bits per heavy atom. The van der Waals surface area contributed by atoms with Crippen LogP contribution >= 0.6 is 0 Å². The molecule has 4 aromatic carbocycles. The fourth-order valence-corrected chi connectivity index (χ4v) is 4.75. The van der Waals surface area contributed by atoms with Crippen molar-refractivity contribution in [3.63, 3.8) is 0 Å². The number of aromatic amines is 1. The van der Waals surface area contributed by atoms with Gasteiger partial charge in [-0.2, -0.15) is 27.0 Å². The molecule has 0 aliphatic carbocycles. The zero-order valence-corrected chi connectivity index (χ0v) is 21.1. The van der Waals surface area contributed by atoms with Crippen molar-refractivity contribution in [2.24, 2.45) is 10.2 Å². The van der Waals surface area contributed by atoms with Crippen LogP contribution in [0.1, 0.15) is 0 Å². The van der Waals surface area contributed by atoms with Gasteiger partial charge in [0.15, 0.2) is 0 Å². The molecule has 0 atom stereocenters. The highest BCUT2D eigenvalue weighted by atomic mass is 32.2. The van der Waals surface area contributed by atoms with Gasteiger partial charge < -0.3 is 4.98 Å². The van der Waals surface area contributed by atoms with Crippen molar-refractivity contribution < 1.29 is 25.9 Å². The summed E-state index contributed by atoms with van der Waals surface area (Å²) in [4.78, 5) is 28.3. The second-order valence-electron chi connectivity index (χ2n) is 8.24. The predicted molar refractivity (Wildman–Crippen MR) is 142 cm³/mol. The van der Waals surface area contributed by atoms with Crippen molar-refractivity contribution in [3.8, 4) is 0 Å². The number of benzene rings is 4. The highest BCUT2D eigenvalue weighted by Crippen LogP contribution is 2.19. The summed E-state index contributed by atoms with van der Waals surface area (Å²) in [5.41, 5.74) is 5.36. The van der Waals surface area contributed by atoms with E-state index in [1.165, 1.54) is 60.7 Å². The summed E-state index contributed by atoms with van der Waals surface area (Å²) >= 11 is 0. The first kappa shape index (κ1) is 25.9. The molecule has 0 spiro atoms. The molecule has 0 bridgehead atoms. The highest BCUT2D eigenvalue weighted by molar-refractivity contribution is 7.86. The van der Waals surface area contributed by atoms with E-state index in [1.807, 2.05) is 0 Å². The molecule has 5 rings (SSSR count). The normalized spacial score (nSPS) is 13.3. The van der Waals surface area contributed by atoms with Gasteiger partial charge in [-0.15, -0.1) is 0 Å². The molecule has 0 unspecified atom stereocenters. The summed E-state index contributed by atoms with van der Waals surface area (Å²) in [6.45, 7) is 0. The smallest absolute Gasteiger partial charge is 0.294 e. The summed E-state index contributed by atoms with van der Waals surface area (Å²) < 4.78 is 62.8. The minimum atomic E-state index is -4.34. The van der Waals surface area contributed by atoms with Crippen LogP contribution in [-0.2, 0) is 20.2 Å². The van der Waals surface area contributed by atoms with E-state index in [9.17, 15) is 26.4 Å². The molecular formula is C24H17N5O8S2. The number of H-pyrrole nitrogens is 1. The maximum atomic E-state index is 13.0. The van der Waals surface area contributed by atoms with Crippen LogP contribution in [0.5, 0.6) is 0 Å². The summed E-state index contributed by atoms with van der Waals surface area (Å²) in [5.74, 6) is 0. The number of aromatic nitrogens is 1. The maximum absolute atomic E-state index is 13.0. The topological polar surface area (TPSA) is 207 Å². The molecule has 13 nitrogen and oxygen atoms in total. The molecule has 5 aromatic rings. The number of nitrogens with zero attached hydrogens (tertiary/aromatic N) is 2. The van der Waals surface area contributed by atoms with Gasteiger partial charge in [0, 0.05) is 10.8 Å². The third-order valence-electron chi connectivity index (χ3n) is 5.73. The molecule has 39 heavy (non-hydrogen) atoms. The molecule has 15 heteroatoms. The van der Waals surface area contributed by atoms with Gasteiger partial charge in [0.05, 0.1) is 32.2 Å². The van der Waals surface area contributed by atoms with Crippen LogP contribution in [0.25, 0.3) is 21.8 Å². The van der Waals surface area contributed by atoms with Gasteiger partial charge in [0.25, 0.3) is 20.2 Å². The molecule has 1 heterocycles. The first-order valence-corrected chi connectivity index (χ1v) is 13.8. The average molecular weight is 568 g/mol. The number of nitrogens with one attached hydrogen (secondary N) is 3. The molecule has 5 N–H and O–H groups in total.